The van der Waals surface area contributed by atoms with Crippen molar-refractivity contribution in [2.45, 2.75) is 19.9 Å². The van der Waals surface area contributed by atoms with Gasteiger partial charge in [-0.1, -0.05) is 25.4 Å². The molecule has 4 N–H and O–H groups in total. The summed E-state index contributed by atoms with van der Waals surface area (Å²) in [6, 6.07) is 4.01. The Balaban J connectivity index is 0.00000392. The maximum atomic E-state index is 12.5. The van der Waals surface area contributed by atoms with E-state index < -0.39 is 11.9 Å². The van der Waals surface area contributed by atoms with Gasteiger partial charge in [-0.3, -0.25) is 14.4 Å². The van der Waals surface area contributed by atoms with Crippen LogP contribution in [-0.2, 0) is 14.3 Å². The normalized spacial score (nSPS) is 14.8. The van der Waals surface area contributed by atoms with Crippen molar-refractivity contribution in [1.29, 1.82) is 0 Å². The highest BCUT2D eigenvalue weighted by atomic mass is 35.5. The van der Waals surface area contributed by atoms with Crippen LogP contribution in [0.1, 0.15) is 24.2 Å². The van der Waals surface area contributed by atoms with Crippen molar-refractivity contribution in [2.75, 3.05) is 38.2 Å². The van der Waals surface area contributed by atoms with Gasteiger partial charge in [0, 0.05) is 18.8 Å². The third-order valence-electron chi connectivity index (χ3n) is 4.23. The summed E-state index contributed by atoms with van der Waals surface area (Å²) in [7, 11) is 0. The minimum Gasteiger partial charge on any atom is -0.378 e. The second-order valence-corrected chi connectivity index (χ2v) is 7.04. The van der Waals surface area contributed by atoms with Gasteiger partial charge in [-0.25, -0.2) is 0 Å². The first-order valence-corrected chi connectivity index (χ1v) is 9.17. The fourth-order valence-electron chi connectivity index (χ4n) is 2.50. The number of rotatable bonds is 6. The Hall–Kier alpha value is -1.87. The summed E-state index contributed by atoms with van der Waals surface area (Å²) >= 11 is 6.21. The smallest absolute Gasteiger partial charge is 0.255 e. The second kappa shape index (κ2) is 11.2. The van der Waals surface area contributed by atoms with Crippen LogP contribution in [0.15, 0.2) is 18.2 Å². The highest BCUT2D eigenvalue weighted by Gasteiger charge is 2.21. The van der Waals surface area contributed by atoms with Crippen molar-refractivity contribution in [3.63, 3.8) is 0 Å². The van der Waals surface area contributed by atoms with E-state index in [0.29, 0.717) is 37.6 Å². The summed E-state index contributed by atoms with van der Waals surface area (Å²) in [6.45, 7) is 5.49. The summed E-state index contributed by atoms with van der Waals surface area (Å²) in [4.78, 5) is 37.9. The maximum absolute atomic E-state index is 12.5. The fourth-order valence-corrected chi connectivity index (χ4v) is 2.76. The van der Waals surface area contributed by atoms with Gasteiger partial charge in [-0.15, -0.1) is 12.4 Å². The number of halogens is 2. The van der Waals surface area contributed by atoms with E-state index in [9.17, 15) is 14.4 Å². The topological polar surface area (TPSA) is 114 Å². The molecular weight excluding hydrogens is 407 g/mol. The number of amides is 3. The summed E-state index contributed by atoms with van der Waals surface area (Å²) in [5.41, 5.74) is 6.52. The largest absolute Gasteiger partial charge is 0.378 e. The van der Waals surface area contributed by atoms with E-state index in [1.165, 1.54) is 6.07 Å². The molecule has 0 radical (unpaired) electrons. The Morgan fingerprint density at radius 3 is 2.46 bits per heavy atom. The molecule has 0 aromatic heterocycles. The lowest BCUT2D eigenvalue weighted by atomic mass is 10.1. The Morgan fingerprint density at radius 1 is 1.25 bits per heavy atom. The van der Waals surface area contributed by atoms with Crippen LogP contribution in [0.2, 0.25) is 5.02 Å². The van der Waals surface area contributed by atoms with Crippen molar-refractivity contribution in [2.24, 2.45) is 11.7 Å². The zero-order valence-electron chi connectivity index (χ0n) is 15.9. The first-order chi connectivity index (χ1) is 12.8. The number of ether oxygens (including phenoxy) is 1. The molecule has 0 saturated carbocycles. The second-order valence-electron chi connectivity index (χ2n) is 6.63. The van der Waals surface area contributed by atoms with Gasteiger partial charge in [-0.2, -0.15) is 0 Å². The molecule has 2 rings (SSSR count). The van der Waals surface area contributed by atoms with Crippen LogP contribution in [-0.4, -0.2) is 61.5 Å². The van der Waals surface area contributed by atoms with Crippen molar-refractivity contribution in [1.82, 2.24) is 10.2 Å². The van der Waals surface area contributed by atoms with Gasteiger partial charge in [0.15, 0.2) is 0 Å². The van der Waals surface area contributed by atoms with Crippen LogP contribution in [0.5, 0.6) is 0 Å². The molecular formula is C18H26Cl2N4O4. The quantitative estimate of drug-likeness (QED) is 0.626. The highest BCUT2D eigenvalue weighted by molar-refractivity contribution is 6.34. The monoisotopic (exact) mass is 432 g/mol. The zero-order chi connectivity index (χ0) is 20.0. The van der Waals surface area contributed by atoms with Crippen LogP contribution in [0.3, 0.4) is 0 Å². The molecule has 1 aromatic rings. The standard InChI is InChI=1S/C18H25ClN4O4.ClH/c1-11(2)16(20)17(25)21-10-15(24)22-12-3-4-13(14(19)9-12)18(26)23-5-7-27-8-6-23;/h3-4,9,11,16H,5-8,10,20H2,1-2H3,(H,21,25)(H,22,24);1H/t16-;/m0./s1. The Bertz CT molecular complexity index is 709. The fraction of sp³-hybridized carbons (Fsp3) is 0.500. The number of nitrogens with zero attached hydrogens (tertiary/aromatic N) is 1. The summed E-state index contributed by atoms with van der Waals surface area (Å²) < 4.78 is 5.23. The van der Waals surface area contributed by atoms with Gasteiger partial charge >= 0.3 is 0 Å². The number of hydrogen-bond acceptors (Lipinski definition) is 5. The Morgan fingerprint density at radius 2 is 1.89 bits per heavy atom. The van der Waals surface area contributed by atoms with Crippen molar-refractivity contribution < 1.29 is 19.1 Å². The average molecular weight is 433 g/mol. The van der Waals surface area contributed by atoms with Gasteiger partial charge < -0.3 is 26.0 Å². The Labute approximate surface area is 175 Å². The number of nitrogens with one attached hydrogen (secondary N) is 2. The number of morpholine rings is 1. The molecule has 0 spiro atoms. The number of nitrogens with two attached hydrogens (primary N) is 1. The van der Waals surface area contributed by atoms with Gasteiger partial charge in [0.2, 0.25) is 11.8 Å². The first-order valence-electron chi connectivity index (χ1n) is 8.79. The molecule has 1 aromatic carbocycles. The third kappa shape index (κ3) is 6.63. The predicted molar refractivity (Wildman–Crippen MR) is 110 cm³/mol. The molecule has 1 fully saturated rings. The molecule has 0 aliphatic carbocycles. The molecule has 0 bridgehead atoms. The van der Waals surface area contributed by atoms with Crippen LogP contribution in [0, 0.1) is 5.92 Å². The summed E-state index contributed by atoms with van der Waals surface area (Å²) in [5.74, 6) is -0.994. The van der Waals surface area contributed by atoms with Gasteiger partial charge in [0.05, 0.1) is 36.4 Å². The van der Waals surface area contributed by atoms with Gasteiger partial charge in [-0.05, 0) is 24.1 Å². The van der Waals surface area contributed by atoms with E-state index in [4.69, 9.17) is 22.1 Å². The van der Waals surface area contributed by atoms with Gasteiger partial charge in [0.1, 0.15) is 0 Å². The molecule has 1 aliphatic rings. The molecule has 3 amide bonds. The lowest BCUT2D eigenvalue weighted by Gasteiger charge is -2.27. The molecule has 0 unspecified atom stereocenters. The van der Waals surface area contributed by atoms with Gasteiger partial charge in [0.25, 0.3) is 5.91 Å². The van der Waals surface area contributed by atoms with Crippen LogP contribution in [0.4, 0.5) is 5.69 Å². The first kappa shape index (κ1) is 24.2. The summed E-state index contributed by atoms with van der Waals surface area (Å²) in [5, 5.41) is 5.36. The molecule has 1 heterocycles. The van der Waals surface area contributed by atoms with E-state index in [0.717, 1.165) is 0 Å². The Kier molecular flexibility index (Phi) is 9.68. The molecule has 8 nitrogen and oxygen atoms in total. The lowest BCUT2D eigenvalue weighted by Crippen LogP contribution is -2.46. The van der Waals surface area contributed by atoms with Crippen molar-refractivity contribution in [3.05, 3.63) is 28.8 Å². The number of anilines is 1. The highest BCUT2D eigenvalue weighted by Crippen LogP contribution is 2.23. The molecule has 10 heteroatoms. The number of hydrogen-bond donors (Lipinski definition) is 3. The van der Waals surface area contributed by atoms with Crippen LogP contribution < -0.4 is 16.4 Å². The molecule has 1 atom stereocenters. The van der Waals surface area contributed by atoms with Crippen molar-refractivity contribution in [3.8, 4) is 0 Å². The minimum absolute atomic E-state index is 0. The molecule has 156 valence electrons. The van der Waals surface area contributed by atoms with Crippen molar-refractivity contribution >= 4 is 47.4 Å². The van der Waals surface area contributed by atoms with E-state index in [2.05, 4.69) is 10.6 Å². The SMILES string of the molecule is CC(C)[C@H](N)C(=O)NCC(=O)Nc1ccc(C(=O)N2CCOCC2)c(Cl)c1.Cl. The zero-order valence-corrected chi connectivity index (χ0v) is 17.4. The molecule has 28 heavy (non-hydrogen) atoms. The number of carbonyl (C=O) groups excluding carboxylic acids is 3. The minimum atomic E-state index is -0.669. The number of carbonyl (C=O) groups is 3. The average Bonchev–Trinajstić information content (AvgIpc) is 2.65. The molecule has 1 aliphatic heterocycles. The van der Waals surface area contributed by atoms with Crippen LogP contribution in [0.25, 0.3) is 0 Å². The lowest BCUT2D eigenvalue weighted by molar-refractivity contribution is -0.125. The number of benzene rings is 1. The molecule has 1 saturated heterocycles. The maximum Gasteiger partial charge on any atom is 0.255 e. The third-order valence-corrected chi connectivity index (χ3v) is 4.54. The van der Waals surface area contributed by atoms with E-state index >= 15 is 0 Å². The summed E-state index contributed by atoms with van der Waals surface area (Å²) in [6.07, 6.45) is 0. The van der Waals surface area contributed by atoms with E-state index in [-0.39, 0.29) is 41.7 Å². The van der Waals surface area contributed by atoms with E-state index in [1.54, 1.807) is 17.0 Å². The van der Waals surface area contributed by atoms with Crippen LogP contribution >= 0.6 is 24.0 Å². The predicted octanol–water partition coefficient (Wildman–Crippen LogP) is 1.27. The van der Waals surface area contributed by atoms with E-state index in [1.807, 2.05) is 13.8 Å².